The SMILES string of the molecule is Cc1ccc(-n2nc(C)cc2NC(=O)COc2c(Cl)cccc2Cl)cc1. The van der Waals surface area contributed by atoms with Crippen LogP contribution in [-0.4, -0.2) is 22.3 Å². The van der Waals surface area contributed by atoms with Crippen LogP contribution in [0, 0.1) is 13.8 Å². The molecular weight excluding hydrogens is 373 g/mol. The zero-order valence-corrected chi connectivity index (χ0v) is 15.8. The summed E-state index contributed by atoms with van der Waals surface area (Å²) < 4.78 is 7.14. The van der Waals surface area contributed by atoms with Gasteiger partial charge in [-0.25, -0.2) is 4.68 Å². The Morgan fingerprint density at radius 2 is 1.77 bits per heavy atom. The first-order chi connectivity index (χ1) is 12.4. The van der Waals surface area contributed by atoms with E-state index < -0.39 is 0 Å². The highest BCUT2D eigenvalue weighted by atomic mass is 35.5. The van der Waals surface area contributed by atoms with Gasteiger partial charge in [-0.2, -0.15) is 5.10 Å². The Labute approximate surface area is 161 Å². The number of rotatable bonds is 5. The fraction of sp³-hybridized carbons (Fsp3) is 0.158. The maximum atomic E-state index is 12.3. The van der Waals surface area contributed by atoms with Crippen molar-refractivity contribution in [2.45, 2.75) is 13.8 Å². The van der Waals surface area contributed by atoms with Crippen molar-refractivity contribution in [2.75, 3.05) is 11.9 Å². The molecule has 0 aliphatic rings. The molecule has 3 rings (SSSR count). The molecule has 1 amide bonds. The third-order valence-corrected chi connectivity index (χ3v) is 4.24. The summed E-state index contributed by atoms with van der Waals surface area (Å²) in [6, 6.07) is 14.7. The van der Waals surface area contributed by atoms with Gasteiger partial charge < -0.3 is 10.1 Å². The minimum absolute atomic E-state index is 0.221. The van der Waals surface area contributed by atoms with Crippen LogP contribution in [-0.2, 0) is 4.79 Å². The summed E-state index contributed by atoms with van der Waals surface area (Å²) in [5.74, 6) is 0.508. The molecule has 1 N–H and O–H groups in total. The first-order valence-electron chi connectivity index (χ1n) is 7.94. The van der Waals surface area contributed by atoms with Crippen LogP contribution in [0.25, 0.3) is 5.69 Å². The Morgan fingerprint density at radius 1 is 1.12 bits per heavy atom. The lowest BCUT2D eigenvalue weighted by Crippen LogP contribution is -2.22. The zero-order valence-electron chi connectivity index (χ0n) is 14.3. The van der Waals surface area contributed by atoms with Gasteiger partial charge in [0.15, 0.2) is 12.4 Å². The van der Waals surface area contributed by atoms with Crippen molar-refractivity contribution in [3.8, 4) is 11.4 Å². The Balaban J connectivity index is 1.73. The van der Waals surface area contributed by atoms with Crippen molar-refractivity contribution < 1.29 is 9.53 Å². The highest BCUT2D eigenvalue weighted by Crippen LogP contribution is 2.32. The Hall–Kier alpha value is -2.50. The standard InChI is InChI=1S/C19H17Cl2N3O2/c1-12-6-8-14(9-7-12)24-17(10-13(2)23-24)22-18(25)11-26-19-15(20)4-3-5-16(19)21/h3-10H,11H2,1-2H3,(H,22,25). The van der Waals surface area contributed by atoms with E-state index in [1.165, 1.54) is 0 Å². The van der Waals surface area contributed by atoms with Gasteiger partial charge in [-0.05, 0) is 38.1 Å². The molecule has 0 spiro atoms. The molecule has 1 heterocycles. The van der Waals surface area contributed by atoms with Crippen molar-refractivity contribution in [3.05, 3.63) is 69.8 Å². The number of hydrogen-bond donors (Lipinski definition) is 1. The summed E-state index contributed by atoms with van der Waals surface area (Å²) in [7, 11) is 0. The molecule has 0 aliphatic carbocycles. The smallest absolute Gasteiger partial charge is 0.263 e. The lowest BCUT2D eigenvalue weighted by atomic mass is 10.2. The van der Waals surface area contributed by atoms with Crippen LogP contribution < -0.4 is 10.1 Å². The molecule has 0 atom stereocenters. The second-order valence-corrected chi connectivity index (χ2v) is 6.62. The number of halogens is 2. The number of carbonyl (C=O) groups excluding carboxylic acids is 1. The Morgan fingerprint density at radius 3 is 2.42 bits per heavy atom. The molecule has 0 aliphatic heterocycles. The van der Waals surface area contributed by atoms with Crippen LogP contribution in [0.1, 0.15) is 11.3 Å². The minimum atomic E-state index is -0.339. The van der Waals surface area contributed by atoms with Crippen molar-refractivity contribution in [1.82, 2.24) is 9.78 Å². The lowest BCUT2D eigenvalue weighted by molar-refractivity contribution is -0.118. The van der Waals surface area contributed by atoms with Gasteiger partial charge in [0.25, 0.3) is 5.91 Å². The quantitative estimate of drug-likeness (QED) is 0.680. The third kappa shape index (κ3) is 4.18. The fourth-order valence-electron chi connectivity index (χ4n) is 2.41. The molecule has 2 aromatic carbocycles. The highest BCUT2D eigenvalue weighted by molar-refractivity contribution is 6.37. The summed E-state index contributed by atoms with van der Waals surface area (Å²) in [6.07, 6.45) is 0. The van der Waals surface area contributed by atoms with Gasteiger partial charge in [0.2, 0.25) is 0 Å². The number of nitrogens with zero attached hydrogens (tertiary/aromatic N) is 2. The lowest BCUT2D eigenvalue weighted by Gasteiger charge is -2.11. The topological polar surface area (TPSA) is 56.2 Å². The van der Waals surface area contributed by atoms with E-state index in [9.17, 15) is 4.79 Å². The molecule has 0 saturated carbocycles. The average molecular weight is 390 g/mol. The molecule has 0 bridgehead atoms. The molecule has 134 valence electrons. The number of ether oxygens (including phenoxy) is 1. The van der Waals surface area contributed by atoms with Crippen LogP contribution >= 0.6 is 23.2 Å². The fourth-order valence-corrected chi connectivity index (χ4v) is 2.91. The van der Waals surface area contributed by atoms with Crippen molar-refractivity contribution in [3.63, 3.8) is 0 Å². The number of aromatic nitrogens is 2. The van der Waals surface area contributed by atoms with E-state index in [1.807, 2.05) is 38.1 Å². The summed E-state index contributed by atoms with van der Waals surface area (Å²) in [5.41, 5.74) is 2.79. The first kappa shape index (κ1) is 18.3. The number of aryl methyl sites for hydroxylation is 2. The van der Waals surface area contributed by atoms with Gasteiger partial charge >= 0.3 is 0 Å². The van der Waals surface area contributed by atoms with E-state index in [0.29, 0.717) is 15.9 Å². The minimum Gasteiger partial charge on any atom is -0.481 e. The molecular formula is C19H17Cl2N3O2. The van der Waals surface area contributed by atoms with Crippen molar-refractivity contribution in [2.24, 2.45) is 0 Å². The van der Waals surface area contributed by atoms with Gasteiger partial charge in [0, 0.05) is 6.07 Å². The maximum absolute atomic E-state index is 12.3. The molecule has 26 heavy (non-hydrogen) atoms. The van der Waals surface area contributed by atoms with Gasteiger partial charge in [0.1, 0.15) is 5.82 Å². The van der Waals surface area contributed by atoms with E-state index in [4.69, 9.17) is 27.9 Å². The van der Waals surface area contributed by atoms with E-state index in [-0.39, 0.29) is 18.3 Å². The second kappa shape index (κ2) is 7.81. The number of hydrogen-bond acceptors (Lipinski definition) is 3. The molecule has 7 heteroatoms. The van der Waals surface area contributed by atoms with Gasteiger partial charge in [-0.3, -0.25) is 4.79 Å². The summed E-state index contributed by atoms with van der Waals surface area (Å²) in [4.78, 5) is 12.3. The number of anilines is 1. The van der Waals surface area contributed by atoms with Crippen LogP contribution in [0.4, 0.5) is 5.82 Å². The Bertz CT molecular complexity index is 916. The van der Waals surface area contributed by atoms with E-state index in [0.717, 1.165) is 16.9 Å². The van der Waals surface area contributed by atoms with Crippen LogP contribution in [0.15, 0.2) is 48.5 Å². The normalized spacial score (nSPS) is 10.6. The van der Waals surface area contributed by atoms with E-state index >= 15 is 0 Å². The molecule has 0 unspecified atom stereocenters. The second-order valence-electron chi connectivity index (χ2n) is 5.81. The zero-order chi connectivity index (χ0) is 18.7. The van der Waals surface area contributed by atoms with Crippen LogP contribution in [0.2, 0.25) is 10.0 Å². The van der Waals surface area contributed by atoms with E-state index in [1.54, 1.807) is 28.9 Å². The number of amides is 1. The largest absolute Gasteiger partial charge is 0.481 e. The van der Waals surface area contributed by atoms with E-state index in [2.05, 4.69) is 10.4 Å². The summed E-state index contributed by atoms with van der Waals surface area (Å²) in [5, 5.41) is 7.94. The predicted molar refractivity (Wildman–Crippen MR) is 104 cm³/mol. The van der Waals surface area contributed by atoms with Gasteiger partial charge in [-0.15, -0.1) is 0 Å². The van der Waals surface area contributed by atoms with Crippen LogP contribution in [0.3, 0.4) is 0 Å². The average Bonchev–Trinajstić information content (AvgIpc) is 2.95. The summed E-state index contributed by atoms with van der Waals surface area (Å²) in [6.45, 7) is 3.65. The van der Waals surface area contributed by atoms with Gasteiger partial charge in [-0.1, -0.05) is 47.0 Å². The Kier molecular flexibility index (Phi) is 5.49. The number of para-hydroxylation sites is 1. The van der Waals surface area contributed by atoms with Crippen LogP contribution in [0.5, 0.6) is 5.75 Å². The maximum Gasteiger partial charge on any atom is 0.263 e. The molecule has 0 radical (unpaired) electrons. The third-order valence-electron chi connectivity index (χ3n) is 3.64. The highest BCUT2D eigenvalue weighted by Gasteiger charge is 2.13. The number of nitrogens with one attached hydrogen (secondary N) is 1. The number of benzene rings is 2. The molecule has 0 saturated heterocycles. The molecule has 5 nitrogen and oxygen atoms in total. The van der Waals surface area contributed by atoms with Crippen molar-refractivity contribution >= 4 is 34.9 Å². The van der Waals surface area contributed by atoms with Gasteiger partial charge in [0.05, 0.1) is 21.4 Å². The van der Waals surface area contributed by atoms with Crippen molar-refractivity contribution in [1.29, 1.82) is 0 Å². The molecule has 1 aromatic heterocycles. The molecule has 0 fully saturated rings. The number of carbonyl (C=O) groups is 1. The predicted octanol–water partition coefficient (Wildman–Crippen LogP) is 4.81. The first-order valence-corrected chi connectivity index (χ1v) is 8.70. The summed E-state index contributed by atoms with van der Waals surface area (Å²) >= 11 is 12.1. The monoisotopic (exact) mass is 389 g/mol. The molecule has 3 aromatic rings.